The van der Waals surface area contributed by atoms with Gasteiger partial charge in [-0.25, -0.2) is 9.50 Å². The van der Waals surface area contributed by atoms with E-state index in [-0.39, 0.29) is 0 Å². The van der Waals surface area contributed by atoms with E-state index in [1.165, 1.54) is 0 Å². The number of anilines is 3. The zero-order chi connectivity index (χ0) is 19.7. The first-order valence-corrected chi connectivity index (χ1v) is 9.47. The maximum Gasteiger partial charge on any atom is 0.177 e. The van der Waals surface area contributed by atoms with Crippen molar-refractivity contribution in [3.63, 3.8) is 0 Å². The number of nitrogens with one attached hydrogen (secondary N) is 1. The number of fused-ring (bicyclic) bond motifs is 1. The van der Waals surface area contributed by atoms with Crippen molar-refractivity contribution < 1.29 is 9.47 Å². The van der Waals surface area contributed by atoms with E-state index in [1.807, 2.05) is 24.4 Å². The Hall–Kier alpha value is -3.00. The maximum atomic E-state index is 6.04. The van der Waals surface area contributed by atoms with Crippen LogP contribution >= 0.6 is 0 Å². The summed E-state index contributed by atoms with van der Waals surface area (Å²) in [5, 5.41) is 7.77. The van der Waals surface area contributed by atoms with Crippen LogP contribution < -0.4 is 26.3 Å². The summed E-state index contributed by atoms with van der Waals surface area (Å²) < 4.78 is 12.4. The van der Waals surface area contributed by atoms with E-state index >= 15 is 0 Å². The van der Waals surface area contributed by atoms with Gasteiger partial charge >= 0.3 is 0 Å². The Kier molecular flexibility index (Phi) is 4.95. The van der Waals surface area contributed by atoms with Crippen molar-refractivity contribution in [2.24, 2.45) is 5.73 Å². The Labute approximate surface area is 163 Å². The molecule has 0 spiro atoms. The molecule has 1 saturated carbocycles. The third-order valence-corrected chi connectivity index (χ3v) is 5.28. The fourth-order valence-corrected chi connectivity index (χ4v) is 3.75. The smallest absolute Gasteiger partial charge is 0.177 e. The number of methoxy groups -OCH3 is 2. The van der Waals surface area contributed by atoms with E-state index in [0.717, 1.165) is 48.4 Å². The molecular weight excluding hydrogens is 356 g/mol. The molecule has 0 unspecified atom stereocenters. The zero-order valence-corrected chi connectivity index (χ0v) is 16.2. The molecule has 8 nitrogen and oxygen atoms in total. The maximum absolute atomic E-state index is 6.04. The Morgan fingerprint density at radius 2 is 1.71 bits per heavy atom. The lowest BCUT2D eigenvalue weighted by Gasteiger charge is -2.24. The molecule has 0 atom stereocenters. The van der Waals surface area contributed by atoms with Crippen LogP contribution in [0.2, 0.25) is 0 Å². The number of aromatic nitrogens is 3. The van der Waals surface area contributed by atoms with Gasteiger partial charge in [-0.1, -0.05) is 0 Å². The SMILES string of the molecule is COc1cc(Nc2cc(N)nn3cc(C4CCC(N)CC4)nc23)cc(OC)c1. The van der Waals surface area contributed by atoms with Gasteiger partial charge in [0.25, 0.3) is 0 Å². The fraction of sp³-hybridized carbons (Fsp3) is 0.400. The monoisotopic (exact) mass is 382 g/mol. The summed E-state index contributed by atoms with van der Waals surface area (Å²) in [7, 11) is 3.25. The third kappa shape index (κ3) is 3.68. The molecular formula is C20H26N6O2. The van der Waals surface area contributed by atoms with Crippen LogP contribution in [0.4, 0.5) is 17.2 Å². The Balaban J connectivity index is 1.69. The van der Waals surface area contributed by atoms with Crippen LogP contribution in [0.25, 0.3) is 5.65 Å². The molecule has 0 amide bonds. The molecule has 4 rings (SSSR count). The minimum atomic E-state index is 0.308. The second-order valence-electron chi connectivity index (χ2n) is 7.25. The average molecular weight is 382 g/mol. The van der Waals surface area contributed by atoms with Gasteiger partial charge in [0, 0.05) is 41.9 Å². The first-order valence-electron chi connectivity index (χ1n) is 9.47. The van der Waals surface area contributed by atoms with Crippen molar-refractivity contribution in [3.8, 4) is 11.5 Å². The van der Waals surface area contributed by atoms with Crippen molar-refractivity contribution in [1.82, 2.24) is 14.6 Å². The van der Waals surface area contributed by atoms with Gasteiger partial charge in [-0.3, -0.25) is 0 Å². The highest BCUT2D eigenvalue weighted by Crippen LogP contribution is 2.34. The minimum absolute atomic E-state index is 0.308. The minimum Gasteiger partial charge on any atom is -0.497 e. The molecule has 8 heteroatoms. The summed E-state index contributed by atoms with van der Waals surface area (Å²) in [4.78, 5) is 4.86. The summed E-state index contributed by atoms with van der Waals surface area (Å²) in [6.07, 6.45) is 6.14. The standard InChI is InChI=1S/C20H26N6O2/c1-27-15-7-14(8-16(9-15)28-2)23-17-10-19(22)25-26-11-18(24-20(17)26)12-3-5-13(21)6-4-12/h7-13,23H,3-6,21H2,1-2H3,(H2,22,25). The van der Waals surface area contributed by atoms with E-state index in [1.54, 1.807) is 24.8 Å². The molecule has 2 heterocycles. The quantitative estimate of drug-likeness (QED) is 0.621. The third-order valence-electron chi connectivity index (χ3n) is 5.28. The number of hydrogen-bond acceptors (Lipinski definition) is 7. The number of ether oxygens (including phenoxy) is 2. The van der Waals surface area contributed by atoms with Gasteiger partial charge in [-0.15, -0.1) is 5.10 Å². The number of nitrogen functional groups attached to an aromatic ring is 1. The highest BCUT2D eigenvalue weighted by Gasteiger charge is 2.23. The van der Waals surface area contributed by atoms with Crippen molar-refractivity contribution in [2.75, 3.05) is 25.3 Å². The molecule has 28 heavy (non-hydrogen) atoms. The van der Waals surface area contributed by atoms with Crippen LogP contribution in [0, 0.1) is 0 Å². The van der Waals surface area contributed by atoms with Crippen molar-refractivity contribution in [1.29, 1.82) is 0 Å². The number of nitrogens with zero attached hydrogens (tertiary/aromatic N) is 3. The molecule has 0 radical (unpaired) electrons. The summed E-state index contributed by atoms with van der Waals surface area (Å²) in [6, 6.07) is 7.70. The van der Waals surface area contributed by atoms with Crippen molar-refractivity contribution >= 4 is 22.8 Å². The summed E-state index contributed by atoms with van der Waals surface area (Å²) in [5.41, 5.74) is 15.4. The summed E-state index contributed by atoms with van der Waals surface area (Å²) in [6.45, 7) is 0. The van der Waals surface area contributed by atoms with Crippen LogP contribution in [-0.2, 0) is 0 Å². The van der Waals surface area contributed by atoms with Crippen LogP contribution in [-0.4, -0.2) is 34.9 Å². The van der Waals surface area contributed by atoms with Crippen LogP contribution in [0.1, 0.15) is 37.3 Å². The molecule has 1 aromatic carbocycles. The number of benzene rings is 1. The molecule has 3 aromatic rings. The van der Waals surface area contributed by atoms with E-state index in [2.05, 4.69) is 10.4 Å². The van der Waals surface area contributed by atoms with Gasteiger partial charge in [-0.2, -0.15) is 0 Å². The number of nitrogens with two attached hydrogens (primary N) is 2. The molecule has 5 N–H and O–H groups in total. The van der Waals surface area contributed by atoms with E-state index < -0.39 is 0 Å². The lowest BCUT2D eigenvalue weighted by molar-refractivity contribution is 0.391. The first-order chi connectivity index (χ1) is 13.6. The van der Waals surface area contributed by atoms with Crippen LogP contribution in [0.15, 0.2) is 30.5 Å². The van der Waals surface area contributed by atoms with Crippen LogP contribution in [0.5, 0.6) is 11.5 Å². The summed E-state index contributed by atoms with van der Waals surface area (Å²) >= 11 is 0. The second kappa shape index (κ2) is 7.55. The predicted octanol–water partition coefficient (Wildman–Crippen LogP) is 3.06. The normalized spacial score (nSPS) is 19.5. The van der Waals surface area contributed by atoms with Gasteiger partial charge in [-0.05, 0) is 25.7 Å². The van der Waals surface area contributed by atoms with Gasteiger partial charge in [0.05, 0.1) is 31.8 Å². The molecule has 0 saturated heterocycles. The highest BCUT2D eigenvalue weighted by atomic mass is 16.5. The molecule has 1 aliphatic carbocycles. The van der Waals surface area contributed by atoms with Gasteiger partial charge < -0.3 is 26.3 Å². The molecule has 2 aromatic heterocycles. The second-order valence-corrected chi connectivity index (χ2v) is 7.25. The Morgan fingerprint density at radius 3 is 2.36 bits per heavy atom. The zero-order valence-electron chi connectivity index (χ0n) is 16.2. The summed E-state index contributed by atoms with van der Waals surface area (Å²) in [5.74, 6) is 2.22. The predicted molar refractivity (Wildman–Crippen MR) is 109 cm³/mol. The molecule has 1 aliphatic rings. The highest BCUT2D eigenvalue weighted by molar-refractivity contribution is 5.76. The number of rotatable bonds is 5. The van der Waals surface area contributed by atoms with Crippen molar-refractivity contribution in [2.45, 2.75) is 37.6 Å². The van der Waals surface area contributed by atoms with E-state index in [9.17, 15) is 0 Å². The lowest BCUT2D eigenvalue weighted by Crippen LogP contribution is -2.25. The van der Waals surface area contributed by atoms with Crippen LogP contribution in [0.3, 0.4) is 0 Å². The Bertz CT molecular complexity index is 956. The fourth-order valence-electron chi connectivity index (χ4n) is 3.75. The number of imidazole rings is 1. The van der Waals surface area contributed by atoms with E-state index in [0.29, 0.717) is 29.3 Å². The van der Waals surface area contributed by atoms with Gasteiger partial charge in [0.2, 0.25) is 0 Å². The first kappa shape index (κ1) is 18.4. The largest absolute Gasteiger partial charge is 0.497 e. The molecule has 148 valence electrons. The molecule has 0 bridgehead atoms. The van der Waals surface area contributed by atoms with Gasteiger partial charge in [0.1, 0.15) is 17.3 Å². The number of hydrogen-bond donors (Lipinski definition) is 3. The van der Waals surface area contributed by atoms with E-state index in [4.69, 9.17) is 25.9 Å². The van der Waals surface area contributed by atoms with Gasteiger partial charge in [0.15, 0.2) is 5.65 Å². The lowest BCUT2D eigenvalue weighted by atomic mass is 9.85. The average Bonchev–Trinajstić information content (AvgIpc) is 3.12. The molecule has 0 aliphatic heterocycles. The topological polar surface area (TPSA) is 113 Å². The molecule has 1 fully saturated rings. The van der Waals surface area contributed by atoms with Crippen molar-refractivity contribution in [3.05, 3.63) is 36.2 Å². The Morgan fingerprint density at radius 1 is 1.04 bits per heavy atom.